The van der Waals surface area contributed by atoms with Gasteiger partial charge in [-0.3, -0.25) is 19.5 Å². The quantitative estimate of drug-likeness (QED) is 0.868. The molecule has 1 atom stereocenters. The molecule has 4 rings (SSSR count). The number of nitrogens with one attached hydrogen (secondary N) is 1. The molecule has 0 radical (unpaired) electrons. The van der Waals surface area contributed by atoms with Gasteiger partial charge >= 0.3 is 0 Å². The van der Waals surface area contributed by atoms with E-state index in [0.717, 1.165) is 42.6 Å². The third-order valence-corrected chi connectivity index (χ3v) is 5.79. The minimum absolute atomic E-state index is 0.0425. The second kappa shape index (κ2) is 7.97. The fourth-order valence-corrected chi connectivity index (χ4v) is 4.33. The zero-order chi connectivity index (χ0) is 19.4. The summed E-state index contributed by atoms with van der Waals surface area (Å²) in [6, 6.07) is 13.6. The van der Waals surface area contributed by atoms with Crippen LogP contribution in [0, 0.1) is 5.41 Å². The summed E-state index contributed by atoms with van der Waals surface area (Å²) in [4.78, 5) is 31.9. The summed E-state index contributed by atoms with van der Waals surface area (Å²) >= 11 is 0. The molecule has 1 aromatic carbocycles. The highest BCUT2D eigenvalue weighted by molar-refractivity contribution is 6.02. The van der Waals surface area contributed by atoms with E-state index >= 15 is 0 Å². The van der Waals surface area contributed by atoms with E-state index in [1.165, 1.54) is 0 Å². The van der Waals surface area contributed by atoms with Gasteiger partial charge in [0.05, 0.1) is 5.41 Å². The van der Waals surface area contributed by atoms with Crippen LogP contribution in [-0.2, 0) is 16.0 Å². The van der Waals surface area contributed by atoms with Gasteiger partial charge in [-0.2, -0.15) is 0 Å². The predicted octanol–water partition coefficient (Wildman–Crippen LogP) is 3.62. The lowest BCUT2D eigenvalue weighted by Gasteiger charge is -2.45. The predicted molar refractivity (Wildman–Crippen MR) is 108 cm³/mol. The molecule has 2 aliphatic rings. The van der Waals surface area contributed by atoms with E-state index in [-0.39, 0.29) is 11.8 Å². The van der Waals surface area contributed by atoms with Crippen molar-refractivity contribution >= 4 is 17.5 Å². The Labute approximate surface area is 165 Å². The second-order valence-electron chi connectivity index (χ2n) is 7.49. The normalized spacial score (nSPS) is 21.6. The Morgan fingerprint density at radius 3 is 2.68 bits per heavy atom. The summed E-state index contributed by atoms with van der Waals surface area (Å²) in [6.45, 7) is 0.581. The highest BCUT2D eigenvalue weighted by Crippen LogP contribution is 2.48. The first-order valence-electron chi connectivity index (χ1n) is 9.96. The van der Waals surface area contributed by atoms with Crippen molar-refractivity contribution in [2.45, 2.75) is 38.5 Å². The van der Waals surface area contributed by atoms with E-state index in [4.69, 9.17) is 0 Å². The average molecular weight is 375 g/mol. The summed E-state index contributed by atoms with van der Waals surface area (Å²) < 4.78 is 0. The number of carbonyl (C=O) groups is 2. The van der Waals surface area contributed by atoms with Gasteiger partial charge in [0.1, 0.15) is 0 Å². The monoisotopic (exact) mass is 375 g/mol. The Balaban J connectivity index is 1.55. The first-order chi connectivity index (χ1) is 13.7. The van der Waals surface area contributed by atoms with E-state index < -0.39 is 5.41 Å². The number of nitrogens with zero attached hydrogens (tertiary/aromatic N) is 2. The van der Waals surface area contributed by atoms with Gasteiger partial charge in [0, 0.05) is 36.7 Å². The molecule has 1 saturated heterocycles. The Kier molecular flexibility index (Phi) is 5.24. The van der Waals surface area contributed by atoms with Crippen LogP contribution in [0.2, 0.25) is 0 Å². The highest BCUT2D eigenvalue weighted by atomic mass is 16.2. The third kappa shape index (κ3) is 3.44. The molecule has 5 heteroatoms. The maximum Gasteiger partial charge on any atom is 0.232 e. The van der Waals surface area contributed by atoms with E-state index in [9.17, 15) is 9.59 Å². The summed E-state index contributed by atoms with van der Waals surface area (Å²) in [5.41, 5.74) is 2.24. The van der Waals surface area contributed by atoms with Crippen LogP contribution in [-0.4, -0.2) is 23.3 Å². The number of pyridine rings is 1. The fourth-order valence-electron chi connectivity index (χ4n) is 4.33. The number of fused-ring (bicyclic) bond motifs is 1. The largest absolute Gasteiger partial charge is 0.355 e. The minimum atomic E-state index is -0.611. The Morgan fingerprint density at radius 1 is 1.11 bits per heavy atom. The second-order valence-corrected chi connectivity index (χ2v) is 7.49. The molecule has 1 fully saturated rings. The molecular weight excluding hydrogens is 350 g/mol. The number of hydrogen-bond acceptors (Lipinski definition) is 3. The molecule has 1 unspecified atom stereocenters. The number of piperidine rings is 1. The maximum absolute atomic E-state index is 13.3. The molecule has 1 N–H and O–H groups in total. The maximum atomic E-state index is 13.3. The molecule has 144 valence electrons. The minimum Gasteiger partial charge on any atom is -0.355 e. The fraction of sp³-hybridized carbons (Fsp3) is 0.348. The Bertz CT molecular complexity index is 879. The van der Waals surface area contributed by atoms with Crippen molar-refractivity contribution < 1.29 is 9.59 Å². The summed E-state index contributed by atoms with van der Waals surface area (Å²) in [6.07, 6.45) is 10.0. The van der Waals surface area contributed by atoms with Crippen LogP contribution in [0.5, 0.6) is 0 Å². The lowest BCUT2D eigenvalue weighted by atomic mass is 9.69. The molecule has 0 bridgehead atoms. The first-order valence-corrected chi connectivity index (χ1v) is 9.96. The first kappa shape index (κ1) is 18.4. The molecule has 0 saturated carbocycles. The van der Waals surface area contributed by atoms with E-state index in [0.29, 0.717) is 19.4 Å². The van der Waals surface area contributed by atoms with Gasteiger partial charge < -0.3 is 5.32 Å². The lowest BCUT2D eigenvalue weighted by molar-refractivity contribution is -0.132. The van der Waals surface area contributed by atoms with Gasteiger partial charge in [0.15, 0.2) is 0 Å². The third-order valence-electron chi connectivity index (χ3n) is 5.79. The van der Waals surface area contributed by atoms with Gasteiger partial charge in [0.2, 0.25) is 11.8 Å². The molecule has 2 amide bonds. The van der Waals surface area contributed by atoms with E-state index in [2.05, 4.69) is 16.4 Å². The van der Waals surface area contributed by atoms with Crippen molar-refractivity contribution in [3.05, 3.63) is 72.2 Å². The number of para-hydroxylation sites is 1. The zero-order valence-corrected chi connectivity index (χ0v) is 15.9. The van der Waals surface area contributed by atoms with Gasteiger partial charge in [-0.25, -0.2) is 0 Å². The van der Waals surface area contributed by atoms with Crippen molar-refractivity contribution in [2.75, 3.05) is 11.4 Å². The molecule has 28 heavy (non-hydrogen) atoms. The standard InChI is InChI=1S/C23H25N3O2/c27-21-9-14-23(22(28)25-17-12-18-10-15-24-16-11-18)13-5-4-8-20(23)26(21)19-6-2-1-3-7-19/h1-3,6-8,10-11,15-16H,4-5,9,12-14,17H2,(H,25,28). The van der Waals surface area contributed by atoms with Gasteiger partial charge in [-0.05, 0) is 61.9 Å². The Morgan fingerprint density at radius 2 is 1.89 bits per heavy atom. The smallest absolute Gasteiger partial charge is 0.232 e. The number of anilines is 1. The van der Waals surface area contributed by atoms with Crippen LogP contribution in [0.25, 0.3) is 0 Å². The number of amides is 2. The average Bonchev–Trinajstić information content (AvgIpc) is 2.75. The molecule has 1 aliphatic carbocycles. The zero-order valence-electron chi connectivity index (χ0n) is 15.9. The van der Waals surface area contributed by atoms with Crippen LogP contribution < -0.4 is 10.2 Å². The number of allylic oxidation sites excluding steroid dienone is 1. The molecule has 0 spiro atoms. The van der Waals surface area contributed by atoms with Crippen LogP contribution in [0.1, 0.15) is 37.7 Å². The van der Waals surface area contributed by atoms with Crippen molar-refractivity contribution in [3.63, 3.8) is 0 Å². The van der Waals surface area contributed by atoms with E-state index in [1.54, 1.807) is 17.3 Å². The number of carbonyl (C=O) groups excluding carboxylic acids is 2. The molecular formula is C23H25N3O2. The summed E-state index contributed by atoms with van der Waals surface area (Å²) in [5.74, 6) is 0.112. The Hall–Kier alpha value is -2.95. The summed E-state index contributed by atoms with van der Waals surface area (Å²) in [7, 11) is 0. The number of aromatic nitrogens is 1. The lowest BCUT2D eigenvalue weighted by Crippen LogP contribution is -2.53. The van der Waals surface area contributed by atoms with Crippen LogP contribution in [0.3, 0.4) is 0 Å². The topological polar surface area (TPSA) is 62.3 Å². The van der Waals surface area contributed by atoms with Crippen molar-refractivity contribution in [1.29, 1.82) is 0 Å². The van der Waals surface area contributed by atoms with Gasteiger partial charge in [-0.15, -0.1) is 0 Å². The molecule has 2 heterocycles. The number of benzene rings is 1. The van der Waals surface area contributed by atoms with Crippen LogP contribution >= 0.6 is 0 Å². The van der Waals surface area contributed by atoms with Gasteiger partial charge in [-0.1, -0.05) is 24.3 Å². The number of hydrogen-bond donors (Lipinski definition) is 1. The molecule has 1 aliphatic heterocycles. The summed E-state index contributed by atoms with van der Waals surface area (Å²) in [5, 5.41) is 3.14. The van der Waals surface area contributed by atoms with E-state index in [1.807, 2.05) is 42.5 Å². The SMILES string of the molecule is O=C1CCC2(C(=O)NCCc3ccncc3)CCCC=C2N1c1ccccc1. The van der Waals surface area contributed by atoms with Crippen LogP contribution in [0.4, 0.5) is 5.69 Å². The number of rotatable bonds is 5. The molecule has 5 nitrogen and oxygen atoms in total. The molecule has 2 aromatic rings. The van der Waals surface area contributed by atoms with Crippen molar-refractivity contribution in [3.8, 4) is 0 Å². The highest BCUT2D eigenvalue weighted by Gasteiger charge is 2.49. The van der Waals surface area contributed by atoms with Crippen LogP contribution in [0.15, 0.2) is 66.6 Å². The van der Waals surface area contributed by atoms with Crippen molar-refractivity contribution in [1.82, 2.24) is 10.3 Å². The molecule has 1 aromatic heterocycles. The van der Waals surface area contributed by atoms with Crippen molar-refractivity contribution in [2.24, 2.45) is 5.41 Å². The van der Waals surface area contributed by atoms with Gasteiger partial charge in [0.25, 0.3) is 0 Å².